The van der Waals surface area contributed by atoms with Crippen molar-refractivity contribution in [3.8, 4) is 11.5 Å². The van der Waals surface area contributed by atoms with Crippen LogP contribution >= 0.6 is 0 Å². The largest absolute Gasteiger partial charge is 0.497 e. The topological polar surface area (TPSA) is 42.0 Å². The van der Waals surface area contributed by atoms with Crippen LogP contribution in [0.2, 0.25) is 0 Å². The van der Waals surface area contributed by atoms with Gasteiger partial charge in [-0.2, -0.15) is 0 Å². The highest BCUT2D eigenvalue weighted by Crippen LogP contribution is 2.15. The summed E-state index contributed by atoms with van der Waals surface area (Å²) in [5.74, 6) is 1.75. The summed E-state index contributed by atoms with van der Waals surface area (Å²) in [6.07, 6.45) is 3.51. The van der Waals surface area contributed by atoms with Gasteiger partial charge >= 0.3 is 0 Å². The Morgan fingerprint density at radius 2 is 1.44 bits per heavy atom. The summed E-state index contributed by atoms with van der Waals surface area (Å²) in [5.41, 5.74) is 2.25. The highest BCUT2D eigenvalue weighted by molar-refractivity contribution is 5.91. The van der Waals surface area contributed by atoms with Crippen LogP contribution in [0.5, 0.6) is 11.5 Å². The third-order valence-corrected chi connectivity index (χ3v) is 4.78. The van der Waals surface area contributed by atoms with E-state index in [1.54, 1.807) is 20.3 Å². The molecule has 1 amide bonds. The molecule has 0 bridgehead atoms. The SMILES string of the molecule is COc1ccc(/C=C/C(=O)N2CCN(Cc3ccc(OC)cc3)CC2)cc1. The Hall–Kier alpha value is -2.79. The number of benzene rings is 2. The molecule has 1 fully saturated rings. The van der Waals surface area contributed by atoms with E-state index in [-0.39, 0.29) is 5.91 Å². The molecular weight excluding hydrogens is 340 g/mol. The zero-order valence-corrected chi connectivity index (χ0v) is 15.9. The van der Waals surface area contributed by atoms with Crippen molar-refractivity contribution in [3.63, 3.8) is 0 Å². The zero-order chi connectivity index (χ0) is 19.1. The van der Waals surface area contributed by atoms with E-state index in [9.17, 15) is 4.79 Å². The Labute approximate surface area is 160 Å². The van der Waals surface area contributed by atoms with Crippen LogP contribution in [0.4, 0.5) is 0 Å². The van der Waals surface area contributed by atoms with Gasteiger partial charge in [-0.25, -0.2) is 0 Å². The van der Waals surface area contributed by atoms with Gasteiger partial charge in [0.25, 0.3) is 0 Å². The van der Waals surface area contributed by atoms with E-state index in [1.165, 1.54) is 5.56 Å². The lowest BCUT2D eigenvalue weighted by Crippen LogP contribution is -2.47. The summed E-state index contributed by atoms with van der Waals surface area (Å²) in [6, 6.07) is 15.8. The van der Waals surface area contributed by atoms with Crippen molar-refractivity contribution in [2.24, 2.45) is 0 Å². The van der Waals surface area contributed by atoms with Crippen molar-refractivity contribution in [2.75, 3.05) is 40.4 Å². The van der Waals surface area contributed by atoms with Gasteiger partial charge in [-0.1, -0.05) is 24.3 Å². The number of carbonyl (C=O) groups is 1. The molecule has 3 rings (SSSR count). The molecule has 0 aromatic heterocycles. The lowest BCUT2D eigenvalue weighted by molar-refractivity contribution is -0.127. The molecule has 1 heterocycles. The van der Waals surface area contributed by atoms with E-state index in [0.717, 1.165) is 49.8 Å². The maximum atomic E-state index is 12.4. The molecule has 0 spiro atoms. The highest BCUT2D eigenvalue weighted by atomic mass is 16.5. The summed E-state index contributed by atoms with van der Waals surface area (Å²) in [6.45, 7) is 4.17. The third kappa shape index (κ3) is 5.34. The van der Waals surface area contributed by atoms with Crippen molar-refractivity contribution < 1.29 is 14.3 Å². The monoisotopic (exact) mass is 366 g/mol. The number of hydrogen-bond acceptors (Lipinski definition) is 4. The molecule has 0 unspecified atom stereocenters. The molecule has 0 atom stereocenters. The maximum absolute atomic E-state index is 12.4. The van der Waals surface area contributed by atoms with Crippen LogP contribution < -0.4 is 9.47 Å². The molecule has 27 heavy (non-hydrogen) atoms. The van der Waals surface area contributed by atoms with E-state index >= 15 is 0 Å². The lowest BCUT2D eigenvalue weighted by Gasteiger charge is -2.34. The van der Waals surface area contributed by atoms with Crippen molar-refractivity contribution >= 4 is 12.0 Å². The summed E-state index contributed by atoms with van der Waals surface area (Å²) in [4.78, 5) is 16.7. The number of rotatable bonds is 6. The van der Waals surface area contributed by atoms with Crippen molar-refractivity contribution in [1.29, 1.82) is 0 Å². The van der Waals surface area contributed by atoms with Gasteiger partial charge in [0.15, 0.2) is 0 Å². The van der Waals surface area contributed by atoms with Crippen molar-refractivity contribution in [1.82, 2.24) is 9.80 Å². The van der Waals surface area contributed by atoms with Gasteiger partial charge in [0.2, 0.25) is 5.91 Å². The Morgan fingerprint density at radius 1 is 0.889 bits per heavy atom. The minimum absolute atomic E-state index is 0.0647. The van der Waals surface area contributed by atoms with Crippen molar-refractivity contribution in [2.45, 2.75) is 6.54 Å². The Morgan fingerprint density at radius 3 is 2.00 bits per heavy atom. The molecule has 2 aromatic rings. The first-order chi connectivity index (χ1) is 13.2. The fourth-order valence-corrected chi connectivity index (χ4v) is 3.10. The smallest absolute Gasteiger partial charge is 0.246 e. The van der Waals surface area contributed by atoms with Gasteiger partial charge < -0.3 is 14.4 Å². The normalized spacial score (nSPS) is 15.1. The van der Waals surface area contributed by atoms with Gasteiger partial charge in [0.1, 0.15) is 11.5 Å². The number of hydrogen-bond donors (Lipinski definition) is 0. The summed E-state index contributed by atoms with van der Waals surface area (Å²) >= 11 is 0. The molecule has 2 aromatic carbocycles. The second kappa shape index (κ2) is 9.24. The molecule has 5 nitrogen and oxygen atoms in total. The second-order valence-corrected chi connectivity index (χ2v) is 6.56. The van der Waals surface area contributed by atoms with E-state index in [2.05, 4.69) is 17.0 Å². The van der Waals surface area contributed by atoms with E-state index in [1.807, 2.05) is 47.4 Å². The molecular formula is C22H26N2O3. The first-order valence-corrected chi connectivity index (χ1v) is 9.14. The standard InChI is InChI=1S/C22H26N2O3/c1-26-20-8-3-18(4-9-20)7-12-22(25)24-15-13-23(14-16-24)17-19-5-10-21(27-2)11-6-19/h3-12H,13-17H2,1-2H3/b12-7+. The second-order valence-electron chi connectivity index (χ2n) is 6.56. The van der Waals surface area contributed by atoms with Crippen LogP contribution in [0.1, 0.15) is 11.1 Å². The van der Waals surface area contributed by atoms with Gasteiger partial charge in [0.05, 0.1) is 14.2 Å². The number of amides is 1. The number of methoxy groups -OCH3 is 2. The minimum Gasteiger partial charge on any atom is -0.497 e. The van der Waals surface area contributed by atoms with Gasteiger partial charge in [-0.05, 0) is 41.5 Å². The summed E-state index contributed by atoms with van der Waals surface area (Å²) in [5, 5.41) is 0. The van der Waals surface area contributed by atoms with Crippen molar-refractivity contribution in [3.05, 3.63) is 65.7 Å². The fraction of sp³-hybridized carbons (Fsp3) is 0.318. The maximum Gasteiger partial charge on any atom is 0.246 e. The lowest BCUT2D eigenvalue weighted by atomic mass is 10.2. The quantitative estimate of drug-likeness (QED) is 0.737. The van der Waals surface area contributed by atoms with E-state index < -0.39 is 0 Å². The highest BCUT2D eigenvalue weighted by Gasteiger charge is 2.19. The first-order valence-electron chi connectivity index (χ1n) is 9.14. The van der Waals surface area contributed by atoms with Gasteiger partial charge in [-0.15, -0.1) is 0 Å². The number of ether oxygens (including phenoxy) is 2. The average molecular weight is 366 g/mol. The van der Waals surface area contributed by atoms with Gasteiger partial charge in [0, 0.05) is 38.8 Å². The number of carbonyl (C=O) groups excluding carboxylic acids is 1. The molecule has 142 valence electrons. The van der Waals surface area contributed by atoms with Crippen LogP contribution in [0, 0.1) is 0 Å². The molecule has 1 aliphatic heterocycles. The zero-order valence-electron chi connectivity index (χ0n) is 15.9. The van der Waals surface area contributed by atoms with Crippen LogP contribution in [0.15, 0.2) is 54.6 Å². The Bertz CT molecular complexity index is 761. The Balaban J connectivity index is 1.47. The minimum atomic E-state index is 0.0647. The van der Waals surface area contributed by atoms with Crippen LogP contribution in [-0.2, 0) is 11.3 Å². The fourth-order valence-electron chi connectivity index (χ4n) is 3.10. The first kappa shape index (κ1) is 19.0. The van der Waals surface area contributed by atoms with E-state index in [0.29, 0.717) is 0 Å². The number of nitrogens with zero attached hydrogens (tertiary/aromatic N) is 2. The molecule has 1 aliphatic rings. The predicted molar refractivity (Wildman–Crippen MR) is 107 cm³/mol. The van der Waals surface area contributed by atoms with Crippen LogP contribution in [0.25, 0.3) is 6.08 Å². The predicted octanol–water partition coefficient (Wildman–Crippen LogP) is 3.06. The summed E-state index contributed by atoms with van der Waals surface area (Å²) in [7, 11) is 3.32. The Kier molecular flexibility index (Phi) is 6.49. The number of piperazine rings is 1. The summed E-state index contributed by atoms with van der Waals surface area (Å²) < 4.78 is 10.3. The van der Waals surface area contributed by atoms with Crippen LogP contribution in [-0.4, -0.2) is 56.1 Å². The molecule has 5 heteroatoms. The third-order valence-electron chi connectivity index (χ3n) is 4.78. The molecule has 1 saturated heterocycles. The molecule has 0 aliphatic carbocycles. The van der Waals surface area contributed by atoms with E-state index in [4.69, 9.17) is 9.47 Å². The average Bonchev–Trinajstić information content (AvgIpc) is 2.73. The molecule has 0 radical (unpaired) electrons. The molecule has 0 saturated carbocycles. The van der Waals surface area contributed by atoms with Crippen LogP contribution in [0.3, 0.4) is 0 Å². The van der Waals surface area contributed by atoms with Gasteiger partial charge in [-0.3, -0.25) is 9.69 Å². The molecule has 0 N–H and O–H groups in total.